The highest BCUT2D eigenvalue weighted by atomic mass is 16.1. The van der Waals surface area contributed by atoms with Gasteiger partial charge in [-0.3, -0.25) is 5.41 Å². The van der Waals surface area contributed by atoms with E-state index < -0.39 is 0 Å². The van der Waals surface area contributed by atoms with Gasteiger partial charge < -0.3 is 10.7 Å². The lowest BCUT2D eigenvalue weighted by Crippen LogP contribution is -2.07. The summed E-state index contributed by atoms with van der Waals surface area (Å²) in [7, 11) is 0. The van der Waals surface area contributed by atoms with Gasteiger partial charge in [-0.25, -0.2) is 9.78 Å². The summed E-state index contributed by atoms with van der Waals surface area (Å²) in [4.78, 5) is 16.9. The van der Waals surface area contributed by atoms with Gasteiger partial charge in [0.25, 0.3) is 0 Å². The fraction of sp³-hybridized carbons (Fsp3) is 0.100. The molecule has 0 atom stereocenters. The minimum Gasteiger partial charge on any atom is -0.388 e. The first-order valence-electron chi connectivity index (χ1n) is 4.34. The van der Waals surface area contributed by atoms with Gasteiger partial charge in [-0.15, -0.1) is 0 Å². The van der Waals surface area contributed by atoms with Crippen molar-refractivity contribution in [2.24, 2.45) is 5.73 Å². The number of nitrogens with one attached hydrogen (secondary N) is 2. The number of para-hydroxylation sites is 1. The lowest BCUT2D eigenvalue weighted by molar-refractivity contribution is 1.12. The fourth-order valence-corrected chi connectivity index (χ4v) is 0.999. The number of benzene rings is 1. The van der Waals surface area contributed by atoms with Crippen LogP contribution in [-0.2, 0) is 0 Å². The molecule has 0 aliphatic rings. The van der Waals surface area contributed by atoms with Crippen LogP contribution in [0.3, 0.4) is 0 Å². The molecule has 0 radical (unpaired) electrons. The van der Waals surface area contributed by atoms with Crippen LogP contribution in [0.1, 0.15) is 6.92 Å². The molecule has 2 rings (SSSR count). The van der Waals surface area contributed by atoms with E-state index in [4.69, 9.17) is 11.1 Å². The second-order valence-corrected chi connectivity index (χ2v) is 2.96. The van der Waals surface area contributed by atoms with Gasteiger partial charge in [0.2, 0.25) is 0 Å². The zero-order chi connectivity index (χ0) is 11.3. The summed E-state index contributed by atoms with van der Waals surface area (Å²) in [5.74, 6) is 0.167. The summed E-state index contributed by atoms with van der Waals surface area (Å²) in [5, 5.41) is 7.23. The molecular formula is C10H12N4O. The molecule has 0 saturated carbocycles. The van der Waals surface area contributed by atoms with Crippen LogP contribution in [0.2, 0.25) is 0 Å². The van der Waals surface area contributed by atoms with E-state index in [1.54, 1.807) is 6.20 Å². The number of nitrogens with two attached hydrogens (primary N) is 1. The predicted molar refractivity (Wildman–Crippen MR) is 60.0 cm³/mol. The monoisotopic (exact) mass is 204 g/mol. The first-order chi connectivity index (χ1) is 7.09. The molecule has 0 bridgehead atoms. The third-order valence-electron chi connectivity index (χ3n) is 1.52. The van der Waals surface area contributed by atoms with E-state index in [1.807, 2.05) is 24.3 Å². The molecule has 15 heavy (non-hydrogen) atoms. The summed E-state index contributed by atoms with van der Waals surface area (Å²) in [6.45, 7) is 1.53. The number of hydrogen-bond acceptors (Lipinski definition) is 3. The van der Waals surface area contributed by atoms with Crippen molar-refractivity contribution in [1.82, 2.24) is 9.97 Å². The highest BCUT2D eigenvalue weighted by Gasteiger charge is 1.90. The minimum absolute atomic E-state index is 0.167. The van der Waals surface area contributed by atoms with Crippen LogP contribution in [0.25, 0.3) is 10.9 Å². The number of H-pyrrole nitrogens is 1. The molecule has 5 heteroatoms. The van der Waals surface area contributed by atoms with Crippen molar-refractivity contribution in [2.75, 3.05) is 0 Å². The van der Waals surface area contributed by atoms with E-state index in [0.29, 0.717) is 0 Å². The van der Waals surface area contributed by atoms with Crippen molar-refractivity contribution >= 4 is 16.7 Å². The highest BCUT2D eigenvalue weighted by molar-refractivity contribution is 5.76. The zero-order valence-corrected chi connectivity index (χ0v) is 8.32. The average Bonchev–Trinajstić information content (AvgIpc) is 2.16. The molecule has 0 aliphatic heterocycles. The average molecular weight is 204 g/mol. The molecule has 1 aromatic carbocycles. The smallest absolute Gasteiger partial charge is 0.345 e. The van der Waals surface area contributed by atoms with Crippen LogP contribution >= 0.6 is 0 Å². The van der Waals surface area contributed by atoms with Gasteiger partial charge in [0, 0.05) is 11.6 Å². The van der Waals surface area contributed by atoms with Crippen LogP contribution in [0, 0.1) is 5.41 Å². The maximum absolute atomic E-state index is 10.7. The third-order valence-corrected chi connectivity index (χ3v) is 1.52. The highest BCUT2D eigenvalue weighted by Crippen LogP contribution is 2.05. The Morgan fingerprint density at radius 1 is 1.47 bits per heavy atom. The van der Waals surface area contributed by atoms with Crippen molar-refractivity contribution < 1.29 is 0 Å². The number of fused-ring (bicyclic) bond motifs is 1. The molecule has 0 aliphatic carbocycles. The number of aromatic amines is 1. The van der Waals surface area contributed by atoms with Crippen LogP contribution in [0.4, 0.5) is 0 Å². The Morgan fingerprint density at radius 2 is 2.07 bits per heavy atom. The first-order valence-corrected chi connectivity index (χ1v) is 4.34. The Hall–Kier alpha value is -2.17. The number of rotatable bonds is 0. The number of aromatic nitrogens is 2. The van der Waals surface area contributed by atoms with Crippen LogP contribution in [0.5, 0.6) is 0 Å². The van der Waals surface area contributed by atoms with Gasteiger partial charge in [-0.2, -0.15) is 0 Å². The van der Waals surface area contributed by atoms with Crippen LogP contribution in [-0.4, -0.2) is 15.8 Å². The van der Waals surface area contributed by atoms with Gasteiger partial charge in [-0.05, 0) is 13.0 Å². The van der Waals surface area contributed by atoms with Crippen molar-refractivity contribution in [3.05, 3.63) is 40.9 Å². The first kappa shape index (κ1) is 10.9. The van der Waals surface area contributed by atoms with Crippen molar-refractivity contribution in [3.8, 4) is 0 Å². The Morgan fingerprint density at radius 3 is 2.73 bits per heavy atom. The maximum Gasteiger partial charge on any atom is 0.345 e. The molecular weight excluding hydrogens is 192 g/mol. The quantitative estimate of drug-likeness (QED) is 0.438. The van der Waals surface area contributed by atoms with Crippen molar-refractivity contribution in [2.45, 2.75) is 6.92 Å². The van der Waals surface area contributed by atoms with Gasteiger partial charge in [0.05, 0.1) is 11.4 Å². The summed E-state index contributed by atoms with van der Waals surface area (Å²) >= 11 is 0. The lowest BCUT2D eigenvalue weighted by Gasteiger charge is -1.92. The summed E-state index contributed by atoms with van der Waals surface area (Å²) in [5.41, 5.74) is 5.22. The molecule has 5 nitrogen and oxygen atoms in total. The van der Waals surface area contributed by atoms with E-state index in [0.717, 1.165) is 10.9 Å². The third kappa shape index (κ3) is 3.60. The minimum atomic E-state index is -0.302. The molecule has 0 unspecified atom stereocenters. The summed E-state index contributed by atoms with van der Waals surface area (Å²) in [6.07, 6.45) is 1.56. The van der Waals surface area contributed by atoms with E-state index in [2.05, 4.69) is 9.97 Å². The van der Waals surface area contributed by atoms with Crippen LogP contribution < -0.4 is 11.4 Å². The van der Waals surface area contributed by atoms with Gasteiger partial charge in [-0.1, -0.05) is 18.2 Å². The molecule has 0 fully saturated rings. The molecule has 78 valence electrons. The van der Waals surface area contributed by atoms with Gasteiger partial charge >= 0.3 is 5.69 Å². The Kier molecular flexibility index (Phi) is 3.56. The SMILES string of the molecule is CC(=N)N.O=c1ncc2ccccc2[nH]1. The molecule has 2 aromatic rings. The summed E-state index contributed by atoms with van der Waals surface area (Å²) < 4.78 is 0. The summed E-state index contributed by atoms with van der Waals surface area (Å²) in [6, 6.07) is 7.53. The normalized spacial score (nSPS) is 9.13. The van der Waals surface area contributed by atoms with E-state index in [9.17, 15) is 4.79 Å². The Bertz CT molecular complexity index is 514. The zero-order valence-electron chi connectivity index (χ0n) is 8.32. The van der Waals surface area contributed by atoms with Gasteiger partial charge in [0.1, 0.15) is 0 Å². The van der Waals surface area contributed by atoms with Crippen molar-refractivity contribution in [1.29, 1.82) is 5.41 Å². The maximum atomic E-state index is 10.7. The topological polar surface area (TPSA) is 95.6 Å². The molecule has 0 amide bonds. The Balaban J connectivity index is 0.000000245. The molecule has 0 spiro atoms. The Labute approximate surface area is 86.5 Å². The molecule has 4 N–H and O–H groups in total. The molecule has 1 aromatic heterocycles. The lowest BCUT2D eigenvalue weighted by atomic mass is 10.2. The van der Waals surface area contributed by atoms with E-state index in [1.165, 1.54) is 6.92 Å². The fourth-order valence-electron chi connectivity index (χ4n) is 0.999. The second-order valence-electron chi connectivity index (χ2n) is 2.96. The van der Waals surface area contributed by atoms with E-state index >= 15 is 0 Å². The molecule has 0 saturated heterocycles. The number of amidine groups is 1. The predicted octanol–water partition coefficient (Wildman–Crippen LogP) is 0.865. The largest absolute Gasteiger partial charge is 0.388 e. The van der Waals surface area contributed by atoms with Crippen LogP contribution in [0.15, 0.2) is 35.3 Å². The van der Waals surface area contributed by atoms with E-state index in [-0.39, 0.29) is 11.5 Å². The van der Waals surface area contributed by atoms with Crippen molar-refractivity contribution in [3.63, 3.8) is 0 Å². The van der Waals surface area contributed by atoms with Gasteiger partial charge in [0.15, 0.2) is 0 Å². The number of hydrogen-bond donors (Lipinski definition) is 3. The second kappa shape index (κ2) is 4.90. The standard InChI is InChI=1S/C8H6N2O.C2H6N2/c11-8-9-5-6-3-1-2-4-7(6)10-8;1-2(3)4/h1-5H,(H,9,10,11);1H3,(H3,3,4). The molecule has 1 heterocycles. The number of nitrogens with zero attached hydrogens (tertiary/aromatic N) is 1.